The summed E-state index contributed by atoms with van der Waals surface area (Å²) in [6.07, 6.45) is 2.93. The summed E-state index contributed by atoms with van der Waals surface area (Å²) in [5.41, 5.74) is 1.15. The summed E-state index contributed by atoms with van der Waals surface area (Å²) in [7, 11) is 0. The molecule has 0 aromatic heterocycles. The second-order valence-electron chi connectivity index (χ2n) is 5.54. The predicted octanol–water partition coefficient (Wildman–Crippen LogP) is 1.63. The smallest absolute Gasteiger partial charge is 0.335 e. The fourth-order valence-electron chi connectivity index (χ4n) is 2.46. The van der Waals surface area contributed by atoms with Crippen LogP contribution in [0, 0.1) is 0 Å². The Kier molecular flexibility index (Phi) is 7.03. The first-order chi connectivity index (χ1) is 11.1. The first-order valence-corrected chi connectivity index (χ1v) is 7.93. The van der Waals surface area contributed by atoms with Crippen molar-refractivity contribution in [2.45, 2.75) is 31.8 Å². The van der Waals surface area contributed by atoms with Gasteiger partial charge in [-0.2, -0.15) is 0 Å². The molecule has 2 N–H and O–H groups in total. The zero-order chi connectivity index (χ0) is 16.5. The van der Waals surface area contributed by atoms with Gasteiger partial charge in [0.2, 0.25) is 5.91 Å². The van der Waals surface area contributed by atoms with E-state index in [1.54, 1.807) is 18.2 Å². The number of nitrogens with one attached hydrogen (secondary N) is 1. The molecule has 1 saturated heterocycles. The average molecular weight is 321 g/mol. The minimum Gasteiger partial charge on any atom is -0.478 e. The number of carbonyl (C=O) groups excluding carboxylic acids is 1. The molecule has 1 aliphatic heterocycles. The maximum atomic E-state index is 11.7. The molecule has 23 heavy (non-hydrogen) atoms. The number of carboxylic acids is 1. The zero-order valence-electron chi connectivity index (χ0n) is 13.1. The Balaban J connectivity index is 1.60. The molecule has 2 rings (SSSR count). The quantitative estimate of drug-likeness (QED) is 0.760. The monoisotopic (exact) mass is 321 g/mol. The van der Waals surface area contributed by atoms with Gasteiger partial charge < -0.3 is 19.9 Å². The number of rotatable bonds is 8. The number of hydrogen-bond acceptors (Lipinski definition) is 4. The molecule has 1 amide bonds. The third kappa shape index (κ3) is 6.38. The van der Waals surface area contributed by atoms with E-state index in [4.69, 9.17) is 14.6 Å². The van der Waals surface area contributed by atoms with Crippen LogP contribution in [-0.2, 0) is 20.7 Å². The van der Waals surface area contributed by atoms with Crippen molar-refractivity contribution in [2.24, 2.45) is 0 Å². The second-order valence-corrected chi connectivity index (χ2v) is 5.54. The topological polar surface area (TPSA) is 84.9 Å². The van der Waals surface area contributed by atoms with Crippen molar-refractivity contribution in [1.29, 1.82) is 0 Å². The Bertz CT molecular complexity index is 525. The number of carboxylic acid groups (broad SMARTS) is 1. The highest BCUT2D eigenvalue weighted by Crippen LogP contribution is 2.10. The van der Waals surface area contributed by atoms with Gasteiger partial charge in [-0.15, -0.1) is 0 Å². The Labute approximate surface area is 135 Å². The van der Waals surface area contributed by atoms with Gasteiger partial charge in [-0.3, -0.25) is 4.79 Å². The standard InChI is InChI=1S/C17H23NO5/c19-16(7-11-23-15-5-9-22-10-6-15)18-8-4-13-2-1-3-14(12-13)17(20)21/h1-3,12,15H,4-11H2,(H,18,19)(H,20,21). The van der Waals surface area contributed by atoms with Crippen LogP contribution in [0.3, 0.4) is 0 Å². The molecule has 6 nitrogen and oxygen atoms in total. The summed E-state index contributed by atoms with van der Waals surface area (Å²) in [6, 6.07) is 6.75. The molecule has 6 heteroatoms. The van der Waals surface area contributed by atoms with Crippen LogP contribution in [0.25, 0.3) is 0 Å². The lowest BCUT2D eigenvalue weighted by Gasteiger charge is -2.22. The van der Waals surface area contributed by atoms with E-state index in [0.29, 0.717) is 26.0 Å². The second kappa shape index (κ2) is 9.27. The van der Waals surface area contributed by atoms with Crippen LogP contribution >= 0.6 is 0 Å². The largest absolute Gasteiger partial charge is 0.478 e. The fraction of sp³-hybridized carbons (Fsp3) is 0.529. The Morgan fingerprint density at radius 1 is 1.30 bits per heavy atom. The molecule has 1 aliphatic rings. The van der Waals surface area contributed by atoms with Gasteiger partial charge in [-0.1, -0.05) is 12.1 Å². The molecule has 0 unspecified atom stereocenters. The van der Waals surface area contributed by atoms with Crippen molar-refractivity contribution in [1.82, 2.24) is 5.32 Å². The van der Waals surface area contributed by atoms with Crippen molar-refractivity contribution < 1.29 is 24.2 Å². The molecule has 1 aromatic rings. The third-order valence-electron chi connectivity index (χ3n) is 3.76. The van der Waals surface area contributed by atoms with Crippen LogP contribution in [0.5, 0.6) is 0 Å². The SMILES string of the molecule is O=C(CCOC1CCOCC1)NCCc1cccc(C(=O)O)c1. The molecule has 0 radical (unpaired) electrons. The number of benzene rings is 1. The maximum Gasteiger partial charge on any atom is 0.335 e. The van der Waals surface area contributed by atoms with E-state index >= 15 is 0 Å². The summed E-state index contributed by atoms with van der Waals surface area (Å²) in [6.45, 7) is 2.36. The molecule has 1 aromatic carbocycles. The Morgan fingerprint density at radius 3 is 2.83 bits per heavy atom. The van der Waals surface area contributed by atoms with E-state index in [1.165, 1.54) is 0 Å². The van der Waals surface area contributed by atoms with Crippen molar-refractivity contribution in [3.8, 4) is 0 Å². The highest BCUT2D eigenvalue weighted by Gasteiger charge is 2.14. The van der Waals surface area contributed by atoms with Gasteiger partial charge in [0.25, 0.3) is 0 Å². The number of hydrogen-bond donors (Lipinski definition) is 2. The lowest BCUT2D eigenvalue weighted by molar-refractivity contribution is -0.123. The minimum atomic E-state index is -0.943. The van der Waals surface area contributed by atoms with E-state index in [2.05, 4.69) is 5.32 Å². The molecule has 1 heterocycles. The molecule has 1 fully saturated rings. The van der Waals surface area contributed by atoms with E-state index in [1.807, 2.05) is 6.07 Å². The summed E-state index contributed by atoms with van der Waals surface area (Å²) in [4.78, 5) is 22.6. The normalized spacial score (nSPS) is 15.3. The van der Waals surface area contributed by atoms with Crippen LogP contribution in [0.4, 0.5) is 0 Å². The Morgan fingerprint density at radius 2 is 2.09 bits per heavy atom. The van der Waals surface area contributed by atoms with Crippen LogP contribution < -0.4 is 5.32 Å². The van der Waals surface area contributed by atoms with Crippen LogP contribution in [0.2, 0.25) is 0 Å². The summed E-state index contributed by atoms with van der Waals surface area (Å²) >= 11 is 0. The van der Waals surface area contributed by atoms with Crippen molar-refractivity contribution in [2.75, 3.05) is 26.4 Å². The van der Waals surface area contributed by atoms with Gasteiger partial charge >= 0.3 is 5.97 Å². The molecule has 0 bridgehead atoms. The first-order valence-electron chi connectivity index (χ1n) is 7.93. The number of ether oxygens (including phenoxy) is 2. The van der Waals surface area contributed by atoms with E-state index in [9.17, 15) is 9.59 Å². The van der Waals surface area contributed by atoms with Crippen LogP contribution in [0.1, 0.15) is 35.2 Å². The van der Waals surface area contributed by atoms with E-state index in [0.717, 1.165) is 31.6 Å². The van der Waals surface area contributed by atoms with E-state index in [-0.39, 0.29) is 17.6 Å². The van der Waals surface area contributed by atoms with Crippen LogP contribution in [-0.4, -0.2) is 49.5 Å². The lowest BCUT2D eigenvalue weighted by Crippen LogP contribution is -2.29. The predicted molar refractivity (Wildman–Crippen MR) is 84.5 cm³/mol. The van der Waals surface area contributed by atoms with Crippen molar-refractivity contribution >= 4 is 11.9 Å². The van der Waals surface area contributed by atoms with Gasteiger partial charge in [0, 0.05) is 26.2 Å². The molecular formula is C17H23NO5. The van der Waals surface area contributed by atoms with Gasteiger partial charge in [0.05, 0.1) is 18.3 Å². The van der Waals surface area contributed by atoms with Crippen molar-refractivity contribution in [3.63, 3.8) is 0 Å². The maximum absolute atomic E-state index is 11.7. The zero-order valence-corrected chi connectivity index (χ0v) is 13.1. The molecular weight excluding hydrogens is 298 g/mol. The van der Waals surface area contributed by atoms with Crippen LogP contribution in [0.15, 0.2) is 24.3 Å². The molecule has 0 atom stereocenters. The molecule has 126 valence electrons. The van der Waals surface area contributed by atoms with Gasteiger partial charge in [-0.25, -0.2) is 4.79 Å². The van der Waals surface area contributed by atoms with E-state index < -0.39 is 5.97 Å². The fourth-order valence-corrected chi connectivity index (χ4v) is 2.46. The highest BCUT2D eigenvalue weighted by molar-refractivity contribution is 5.87. The first kappa shape index (κ1) is 17.4. The minimum absolute atomic E-state index is 0.0496. The molecule has 0 aliphatic carbocycles. The third-order valence-corrected chi connectivity index (χ3v) is 3.76. The lowest BCUT2D eigenvalue weighted by atomic mass is 10.1. The number of aromatic carboxylic acids is 1. The van der Waals surface area contributed by atoms with Gasteiger partial charge in [0.1, 0.15) is 0 Å². The summed E-state index contributed by atoms with van der Waals surface area (Å²) in [5, 5.41) is 11.8. The number of amides is 1. The van der Waals surface area contributed by atoms with Crippen molar-refractivity contribution in [3.05, 3.63) is 35.4 Å². The number of carbonyl (C=O) groups is 2. The summed E-state index contributed by atoms with van der Waals surface area (Å²) in [5.74, 6) is -0.993. The average Bonchev–Trinajstić information content (AvgIpc) is 2.56. The molecule has 0 spiro atoms. The Hall–Kier alpha value is -1.92. The van der Waals surface area contributed by atoms with Gasteiger partial charge in [0.15, 0.2) is 0 Å². The highest BCUT2D eigenvalue weighted by atomic mass is 16.5. The van der Waals surface area contributed by atoms with Gasteiger partial charge in [-0.05, 0) is 37.0 Å². The molecule has 0 saturated carbocycles. The summed E-state index contributed by atoms with van der Waals surface area (Å²) < 4.78 is 10.9.